The molecular formula is C12H16N4. The first kappa shape index (κ1) is 10.7. The summed E-state index contributed by atoms with van der Waals surface area (Å²) < 4.78 is 2.01. The van der Waals surface area contributed by atoms with Crippen molar-refractivity contribution in [2.75, 3.05) is 5.73 Å². The first-order valence-corrected chi connectivity index (χ1v) is 5.46. The molecule has 4 heteroatoms. The molecule has 84 valence electrons. The highest BCUT2D eigenvalue weighted by Gasteiger charge is 2.10. The standard InChI is InChI=1S/C12H16N4/c1-3-6-16-9(2)11(7-15-16)10-4-5-14-8-12(10)13/h4-5,7-8H,3,6,13H2,1-2H3. The monoisotopic (exact) mass is 216 g/mol. The third kappa shape index (κ3) is 1.78. The molecule has 0 spiro atoms. The van der Waals surface area contributed by atoms with Crippen molar-refractivity contribution in [1.82, 2.24) is 14.8 Å². The number of hydrogen-bond donors (Lipinski definition) is 1. The highest BCUT2D eigenvalue weighted by Crippen LogP contribution is 2.27. The molecule has 2 heterocycles. The van der Waals surface area contributed by atoms with Gasteiger partial charge in [0.2, 0.25) is 0 Å². The number of rotatable bonds is 3. The van der Waals surface area contributed by atoms with Gasteiger partial charge >= 0.3 is 0 Å². The Morgan fingerprint density at radius 1 is 1.31 bits per heavy atom. The van der Waals surface area contributed by atoms with Gasteiger partial charge in [0.05, 0.1) is 18.1 Å². The van der Waals surface area contributed by atoms with Crippen LogP contribution in [0.1, 0.15) is 19.0 Å². The third-order valence-electron chi connectivity index (χ3n) is 2.68. The van der Waals surface area contributed by atoms with Crippen molar-refractivity contribution >= 4 is 5.69 Å². The molecule has 0 radical (unpaired) electrons. The highest BCUT2D eigenvalue weighted by molar-refractivity contribution is 5.76. The fraction of sp³-hybridized carbons (Fsp3) is 0.333. The van der Waals surface area contributed by atoms with Crippen LogP contribution in [0.4, 0.5) is 5.69 Å². The van der Waals surface area contributed by atoms with Crippen LogP contribution in [-0.2, 0) is 6.54 Å². The summed E-state index contributed by atoms with van der Waals surface area (Å²) in [7, 11) is 0. The normalized spacial score (nSPS) is 10.6. The lowest BCUT2D eigenvalue weighted by Gasteiger charge is -2.05. The molecule has 0 aliphatic heterocycles. The Morgan fingerprint density at radius 3 is 2.81 bits per heavy atom. The molecule has 0 atom stereocenters. The lowest BCUT2D eigenvalue weighted by molar-refractivity contribution is 0.587. The summed E-state index contributed by atoms with van der Waals surface area (Å²) in [5.74, 6) is 0. The van der Waals surface area contributed by atoms with Gasteiger partial charge in [0, 0.05) is 29.6 Å². The van der Waals surface area contributed by atoms with Crippen molar-refractivity contribution < 1.29 is 0 Å². The van der Waals surface area contributed by atoms with Crippen LogP contribution in [0.5, 0.6) is 0 Å². The summed E-state index contributed by atoms with van der Waals surface area (Å²) in [5.41, 5.74) is 9.85. The second-order valence-corrected chi connectivity index (χ2v) is 3.83. The summed E-state index contributed by atoms with van der Waals surface area (Å²) in [4.78, 5) is 3.99. The molecule has 16 heavy (non-hydrogen) atoms. The van der Waals surface area contributed by atoms with Gasteiger partial charge in [0.15, 0.2) is 0 Å². The van der Waals surface area contributed by atoms with E-state index in [4.69, 9.17) is 5.73 Å². The highest BCUT2D eigenvalue weighted by atomic mass is 15.3. The zero-order valence-corrected chi connectivity index (χ0v) is 9.64. The molecule has 0 unspecified atom stereocenters. The SMILES string of the molecule is CCCn1ncc(-c2ccncc2N)c1C. The number of hydrogen-bond acceptors (Lipinski definition) is 3. The summed E-state index contributed by atoms with van der Waals surface area (Å²) >= 11 is 0. The Morgan fingerprint density at radius 2 is 2.12 bits per heavy atom. The van der Waals surface area contributed by atoms with E-state index in [9.17, 15) is 0 Å². The minimum absolute atomic E-state index is 0.696. The molecular weight excluding hydrogens is 200 g/mol. The number of nitrogens with zero attached hydrogens (tertiary/aromatic N) is 3. The summed E-state index contributed by atoms with van der Waals surface area (Å²) in [6.07, 6.45) is 6.37. The van der Waals surface area contributed by atoms with Crippen LogP contribution in [0.15, 0.2) is 24.7 Å². The Labute approximate surface area is 95.1 Å². The molecule has 0 fully saturated rings. The molecule has 0 aliphatic carbocycles. The first-order valence-electron chi connectivity index (χ1n) is 5.46. The van der Waals surface area contributed by atoms with Crippen LogP contribution < -0.4 is 5.73 Å². The molecule has 2 N–H and O–H groups in total. The van der Waals surface area contributed by atoms with Crippen molar-refractivity contribution in [2.45, 2.75) is 26.8 Å². The molecule has 0 amide bonds. The second-order valence-electron chi connectivity index (χ2n) is 3.83. The number of pyridine rings is 1. The van der Waals surface area contributed by atoms with Gasteiger partial charge in [-0.1, -0.05) is 6.92 Å². The number of anilines is 1. The topological polar surface area (TPSA) is 56.7 Å². The maximum absolute atomic E-state index is 5.91. The van der Waals surface area contributed by atoms with E-state index < -0.39 is 0 Å². The lowest BCUT2D eigenvalue weighted by Crippen LogP contribution is -2.01. The third-order valence-corrected chi connectivity index (χ3v) is 2.68. The Hall–Kier alpha value is -1.84. The smallest absolute Gasteiger partial charge is 0.0581 e. The van der Waals surface area contributed by atoms with Crippen molar-refractivity contribution in [1.29, 1.82) is 0 Å². The number of nitrogen functional groups attached to an aromatic ring is 1. The second kappa shape index (κ2) is 4.35. The Kier molecular flexibility index (Phi) is 2.90. The molecule has 2 aromatic heterocycles. The fourth-order valence-electron chi connectivity index (χ4n) is 1.80. The molecule has 0 bridgehead atoms. The fourth-order valence-corrected chi connectivity index (χ4v) is 1.80. The molecule has 0 saturated carbocycles. The number of nitrogens with two attached hydrogens (primary N) is 1. The van der Waals surface area contributed by atoms with Crippen molar-refractivity contribution in [3.8, 4) is 11.1 Å². The maximum Gasteiger partial charge on any atom is 0.0581 e. The van der Waals surface area contributed by atoms with E-state index in [1.165, 1.54) is 0 Å². The van der Waals surface area contributed by atoms with E-state index in [0.717, 1.165) is 29.8 Å². The average Bonchev–Trinajstić information content (AvgIpc) is 2.62. The molecule has 0 aliphatic rings. The molecule has 2 rings (SSSR count). The maximum atomic E-state index is 5.91. The van der Waals surface area contributed by atoms with Gasteiger partial charge in [0.25, 0.3) is 0 Å². The van der Waals surface area contributed by atoms with Crippen molar-refractivity contribution in [3.05, 3.63) is 30.4 Å². The predicted molar refractivity (Wildman–Crippen MR) is 64.9 cm³/mol. The minimum Gasteiger partial charge on any atom is -0.397 e. The average molecular weight is 216 g/mol. The van der Waals surface area contributed by atoms with Crippen molar-refractivity contribution in [3.63, 3.8) is 0 Å². The summed E-state index contributed by atoms with van der Waals surface area (Å²) in [5, 5.41) is 4.36. The minimum atomic E-state index is 0.696. The number of aromatic nitrogens is 3. The van der Waals surface area contributed by atoms with Crippen molar-refractivity contribution in [2.24, 2.45) is 0 Å². The quantitative estimate of drug-likeness (QED) is 0.856. The van der Waals surface area contributed by atoms with Crippen LogP contribution in [-0.4, -0.2) is 14.8 Å². The van der Waals surface area contributed by atoms with Gasteiger partial charge in [-0.2, -0.15) is 5.10 Å². The van der Waals surface area contributed by atoms with E-state index in [0.29, 0.717) is 5.69 Å². The zero-order chi connectivity index (χ0) is 11.5. The molecule has 2 aromatic rings. The van der Waals surface area contributed by atoms with Crippen LogP contribution in [0.3, 0.4) is 0 Å². The van der Waals surface area contributed by atoms with Gasteiger partial charge in [-0.3, -0.25) is 9.67 Å². The van der Waals surface area contributed by atoms with Crippen LogP contribution >= 0.6 is 0 Å². The van der Waals surface area contributed by atoms with Crippen LogP contribution in [0, 0.1) is 6.92 Å². The van der Waals surface area contributed by atoms with E-state index in [1.54, 1.807) is 12.4 Å². The van der Waals surface area contributed by atoms with Gasteiger partial charge in [-0.05, 0) is 19.4 Å². The van der Waals surface area contributed by atoms with E-state index in [1.807, 2.05) is 16.9 Å². The molecule has 0 aromatic carbocycles. The number of aryl methyl sites for hydroxylation is 1. The van der Waals surface area contributed by atoms with Crippen LogP contribution in [0.2, 0.25) is 0 Å². The molecule has 4 nitrogen and oxygen atoms in total. The summed E-state index contributed by atoms with van der Waals surface area (Å²) in [6, 6.07) is 1.93. The summed E-state index contributed by atoms with van der Waals surface area (Å²) in [6.45, 7) is 5.15. The zero-order valence-electron chi connectivity index (χ0n) is 9.64. The van der Waals surface area contributed by atoms with E-state index >= 15 is 0 Å². The Balaban J connectivity index is 2.45. The lowest BCUT2D eigenvalue weighted by atomic mass is 10.1. The van der Waals surface area contributed by atoms with Crippen LogP contribution in [0.25, 0.3) is 11.1 Å². The Bertz CT molecular complexity index is 488. The van der Waals surface area contributed by atoms with E-state index in [2.05, 4.69) is 23.9 Å². The van der Waals surface area contributed by atoms with Gasteiger partial charge in [-0.25, -0.2) is 0 Å². The predicted octanol–water partition coefficient (Wildman–Crippen LogP) is 2.25. The first-order chi connectivity index (χ1) is 7.74. The van der Waals surface area contributed by atoms with E-state index in [-0.39, 0.29) is 0 Å². The van der Waals surface area contributed by atoms with Gasteiger partial charge < -0.3 is 5.73 Å². The van der Waals surface area contributed by atoms with Gasteiger partial charge in [0.1, 0.15) is 0 Å². The largest absolute Gasteiger partial charge is 0.397 e. The molecule has 0 saturated heterocycles. The van der Waals surface area contributed by atoms with Gasteiger partial charge in [-0.15, -0.1) is 0 Å².